The summed E-state index contributed by atoms with van der Waals surface area (Å²) in [5.74, 6) is -0.280. The summed E-state index contributed by atoms with van der Waals surface area (Å²) >= 11 is 0. The summed E-state index contributed by atoms with van der Waals surface area (Å²) in [6, 6.07) is 11.9. The van der Waals surface area contributed by atoms with Crippen molar-refractivity contribution in [2.75, 3.05) is 11.9 Å². The zero-order valence-corrected chi connectivity index (χ0v) is 9.18. The van der Waals surface area contributed by atoms with E-state index in [4.69, 9.17) is 0 Å². The molecule has 2 N–H and O–H groups in total. The number of aliphatic hydroxyl groups excluding tert-OH is 1. The third-order valence-corrected chi connectivity index (χ3v) is 2.45. The van der Waals surface area contributed by atoms with E-state index in [2.05, 4.69) is 10.3 Å². The number of hydrogen-bond donors (Lipinski definition) is 2. The summed E-state index contributed by atoms with van der Waals surface area (Å²) in [5.41, 5.74) is 0.889. The molecular formula is C13H13FN2O. The van der Waals surface area contributed by atoms with E-state index < -0.39 is 5.82 Å². The van der Waals surface area contributed by atoms with E-state index in [1.165, 1.54) is 18.3 Å². The molecule has 1 aromatic heterocycles. The number of aliphatic hydroxyl groups is 1. The fourth-order valence-corrected chi connectivity index (χ4v) is 1.58. The molecule has 1 aromatic carbocycles. The van der Waals surface area contributed by atoms with E-state index in [1.54, 1.807) is 0 Å². The Kier molecular flexibility index (Phi) is 3.67. The van der Waals surface area contributed by atoms with Crippen LogP contribution >= 0.6 is 0 Å². The quantitative estimate of drug-likeness (QED) is 0.850. The standard InChI is InChI=1S/C13H13FN2O/c14-11-7-4-8-15-13(11)16-12(9-17)10-5-2-1-3-6-10/h1-8,12,17H,9H2,(H,15,16)/t12-/m0/s1. The minimum Gasteiger partial charge on any atom is -0.394 e. The summed E-state index contributed by atoms with van der Waals surface area (Å²) in [7, 11) is 0. The number of nitrogens with one attached hydrogen (secondary N) is 1. The Morgan fingerprint density at radius 2 is 1.94 bits per heavy atom. The van der Waals surface area contributed by atoms with Gasteiger partial charge in [0.05, 0.1) is 12.6 Å². The van der Waals surface area contributed by atoms with Gasteiger partial charge < -0.3 is 10.4 Å². The second-order valence-corrected chi connectivity index (χ2v) is 3.62. The van der Waals surface area contributed by atoms with Gasteiger partial charge in [0.25, 0.3) is 0 Å². The van der Waals surface area contributed by atoms with Gasteiger partial charge >= 0.3 is 0 Å². The van der Waals surface area contributed by atoms with Crippen LogP contribution in [0.25, 0.3) is 0 Å². The highest BCUT2D eigenvalue weighted by atomic mass is 19.1. The van der Waals surface area contributed by atoms with Gasteiger partial charge in [0.2, 0.25) is 0 Å². The van der Waals surface area contributed by atoms with Crippen LogP contribution < -0.4 is 5.32 Å². The summed E-state index contributed by atoms with van der Waals surface area (Å²) in [6.07, 6.45) is 1.50. The molecule has 17 heavy (non-hydrogen) atoms. The zero-order valence-electron chi connectivity index (χ0n) is 9.18. The van der Waals surface area contributed by atoms with Crippen molar-refractivity contribution in [3.8, 4) is 0 Å². The topological polar surface area (TPSA) is 45.1 Å². The van der Waals surface area contributed by atoms with Crippen molar-refractivity contribution in [2.45, 2.75) is 6.04 Å². The first-order valence-corrected chi connectivity index (χ1v) is 5.34. The first-order chi connectivity index (χ1) is 8.31. The first-order valence-electron chi connectivity index (χ1n) is 5.34. The summed E-state index contributed by atoms with van der Waals surface area (Å²) in [5, 5.41) is 12.2. The predicted octanol–water partition coefficient (Wildman–Crippen LogP) is 2.37. The van der Waals surface area contributed by atoms with Crippen molar-refractivity contribution in [2.24, 2.45) is 0 Å². The minimum absolute atomic E-state index is 0.125. The summed E-state index contributed by atoms with van der Waals surface area (Å²) < 4.78 is 13.4. The molecule has 0 aliphatic heterocycles. The number of pyridine rings is 1. The Morgan fingerprint density at radius 1 is 1.18 bits per heavy atom. The molecule has 0 radical (unpaired) electrons. The lowest BCUT2D eigenvalue weighted by atomic mass is 10.1. The molecule has 0 unspecified atom stereocenters. The van der Waals surface area contributed by atoms with Crippen molar-refractivity contribution < 1.29 is 9.50 Å². The average Bonchev–Trinajstić information content (AvgIpc) is 2.39. The molecule has 2 aromatic rings. The van der Waals surface area contributed by atoms with Gasteiger partial charge in [0.1, 0.15) is 0 Å². The van der Waals surface area contributed by atoms with Gasteiger partial charge in [-0.1, -0.05) is 30.3 Å². The number of anilines is 1. The van der Waals surface area contributed by atoms with Crippen LogP contribution in [0.1, 0.15) is 11.6 Å². The molecule has 0 aliphatic rings. The van der Waals surface area contributed by atoms with E-state index in [0.29, 0.717) is 0 Å². The third kappa shape index (κ3) is 2.79. The molecule has 4 heteroatoms. The normalized spacial score (nSPS) is 12.1. The fraction of sp³-hybridized carbons (Fsp3) is 0.154. The Hall–Kier alpha value is -1.94. The molecule has 0 bridgehead atoms. The highest BCUT2D eigenvalue weighted by Gasteiger charge is 2.12. The highest BCUT2D eigenvalue weighted by Crippen LogP contribution is 2.19. The van der Waals surface area contributed by atoms with Crippen LogP contribution in [0.4, 0.5) is 10.2 Å². The molecule has 0 fully saturated rings. The smallest absolute Gasteiger partial charge is 0.165 e. The van der Waals surface area contributed by atoms with Crippen molar-refractivity contribution in [1.82, 2.24) is 4.98 Å². The summed E-state index contributed by atoms with van der Waals surface area (Å²) in [4.78, 5) is 3.89. The molecule has 0 saturated carbocycles. The SMILES string of the molecule is OC[C@H](Nc1ncccc1F)c1ccccc1. The number of nitrogens with zero attached hydrogens (tertiary/aromatic N) is 1. The fourth-order valence-electron chi connectivity index (χ4n) is 1.58. The number of rotatable bonds is 4. The van der Waals surface area contributed by atoms with Crippen LogP contribution in [-0.4, -0.2) is 16.7 Å². The molecule has 0 spiro atoms. The average molecular weight is 232 g/mol. The maximum atomic E-state index is 13.4. The number of hydrogen-bond acceptors (Lipinski definition) is 3. The second-order valence-electron chi connectivity index (χ2n) is 3.62. The zero-order chi connectivity index (χ0) is 12.1. The van der Waals surface area contributed by atoms with Gasteiger partial charge in [-0.05, 0) is 17.7 Å². The van der Waals surface area contributed by atoms with Crippen molar-refractivity contribution >= 4 is 5.82 Å². The monoisotopic (exact) mass is 232 g/mol. The van der Waals surface area contributed by atoms with Crippen LogP contribution in [0.2, 0.25) is 0 Å². The van der Waals surface area contributed by atoms with Gasteiger partial charge in [-0.2, -0.15) is 0 Å². The van der Waals surface area contributed by atoms with Gasteiger partial charge in [0, 0.05) is 6.20 Å². The lowest BCUT2D eigenvalue weighted by Gasteiger charge is -2.17. The largest absolute Gasteiger partial charge is 0.394 e. The van der Waals surface area contributed by atoms with Crippen LogP contribution in [-0.2, 0) is 0 Å². The van der Waals surface area contributed by atoms with E-state index in [1.807, 2.05) is 30.3 Å². The van der Waals surface area contributed by atoms with E-state index >= 15 is 0 Å². The Labute approximate surface area is 98.9 Å². The first kappa shape index (κ1) is 11.5. The summed E-state index contributed by atoms with van der Waals surface area (Å²) in [6.45, 7) is -0.125. The molecule has 1 atom stereocenters. The molecule has 2 rings (SSSR count). The maximum Gasteiger partial charge on any atom is 0.165 e. The van der Waals surface area contributed by atoms with E-state index in [0.717, 1.165) is 5.56 Å². The predicted molar refractivity (Wildman–Crippen MR) is 64.1 cm³/mol. The highest BCUT2D eigenvalue weighted by molar-refractivity contribution is 5.39. The maximum absolute atomic E-state index is 13.4. The van der Waals surface area contributed by atoms with Gasteiger partial charge in [-0.3, -0.25) is 0 Å². The van der Waals surface area contributed by atoms with Crippen molar-refractivity contribution in [3.63, 3.8) is 0 Å². The molecule has 88 valence electrons. The van der Waals surface area contributed by atoms with Gasteiger partial charge in [-0.25, -0.2) is 9.37 Å². The van der Waals surface area contributed by atoms with Crippen molar-refractivity contribution in [3.05, 3.63) is 60.0 Å². The number of benzene rings is 1. The van der Waals surface area contributed by atoms with Crippen LogP contribution in [0.15, 0.2) is 48.7 Å². The molecule has 1 heterocycles. The third-order valence-electron chi connectivity index (χ3n) is 2.45. The Bertz CT molecular complexity index is 476. The minimum atomic E-state index is -0.429. The van der Waals surface area contributed by atoms with E-state index in [-0.39, 0.29) is 18.5 Å². The molecule has 0 saturated heterocycles. The van der Waals surface area contributed by atoms with E-state index in [9.17, 15) is 9.50 Å². The molecule has 0 amide bonds. The van der Waals surface area contributed by atoms with Crippen LogP contribution in [0.5, 0.6) is 0 Å². The van der Waals surface area contributed by atoms with Gasteiger partial charge in [0.15, 0.2) is 11.6 Å². The molecule has 0 aliphatic carbocycles. The molecular weight excluding hydrogens is 219 g/mol. The van der Waals surface area contributed by atoms with Gasteiger partial charge in [-0.15, -0.1) is 0 Å². The molecule has 3 nitrogen and oxygen atoms in total. The second kappa shape index (κ2) is 5.41. The number of halogens is 1. The van der Waals surface area contributed by atoms with Crippen LogP contribution in [0, 0.1) is 5.82 Å². The lowest BCUT2D eigenvalue weighted by molar-refractivity contribution is 0.276. The number of aromatic nitrogens is 1. The van der Waals surface area contributed by atoms with Crippen molar-refractivity contribution in [1.29, 1.82) is 0 Å². The van der Waals surface area contributed by atoms with Crippen LogP contribution in [0.3, 0.4) is 0 Å². The lowest BCUT2D eigenvalue weighted by Crippen LogP contribution is -2.16. The Morgan fingerprint density at radius 3 is 2.59 bits per heavy atom. The Balaban J connectivity index is 2.19.